The average molecular weight is 410 g/mol. The summed E-state index contributed by atoms with van der Waals surface area (Å²) in [4.78, 5) is 14.0. The number of nitrogens with one attached hydrogen (secondary N) is 1. The summed E-state index contributed by atoms with van der Waals surface area (Å²) in [5.41, 5.74) is 2.08. The van der Waals surface area contributed by atoms with Gasteiger partial charge in [-0.1, -0.05) is 18.2 Å². The van der Waals surface area contributed by atoms with Crippen molar-refractivity contribution in [3.8, 4) is 17.2 Å². The van der Waals surface area contributed by atoms with Crippen molar-refractivity contribution in [1.29, 1.82) is 0 Å². The van der Waals surface area contributed by atoms with Gasteiger partial charge in [-0.2, -0.15) is 0 Å². The van der Waals surface area contributed by atoms with E-state index in [0.29, 0.717) is 28.5 Å². The van der Waals surface area contributed by atoms with Crippen molar-refractivity contribution in [3.05, 3.63) is 77.9 Å². The Kier molecular flexibility index (Phi) is 7.03. The molecule has 0 spiro atoms. The molecule has 0 aliphatic rings. The maximum Gasteiger partial charge on any atom is 0.255 e. The number of carbonyl (C=O) groups excluding carboxylic acids is 1. The van der Waals surface area contributed by atoms with Crippen LogP contribution in [0.2, 0.25) is 0 Å². The number of thioether (sulfide) groups is 1. The molecule has 0 unspecified atom stereocenters. The lowest BCUT2D eigenvalue weighted by molar-refractivity contribution is 0.102. The predicted octanol–water partition coefficient (Wildman–Crippen LogP) is 5.26. The van der Waals surface area contributed by atoms with Crippen LogP contribution in [0.5, 0.6) is 17.2 Å². The van der Waals surface area contributed by atoms with Crippen LogP contribution in [-0.2, 0) is 5.75 Å². The van der Waals surface area contributed by atoms with Gasteiger partial charge in [-0.3, -0.25) is 4.79 Å². The van der Waals surface area contributed by atoms with E-state index >= 15 is 0 Å². The van der Waals surface area contributed by atoms with Crippen LogP contribution in [0.4, 0.5) is 5.69 Å². The lowest BCUT2D eigenvalue weighted by atomic mass is 10.1. The summed E-state index contributed by atoms with van der Waals surface area (Å²) in [7, 11) is 4.77. The van der Waals surface area contributed by atoms with E-state index < -0.39 is 0 Å². The SMILES string of the molecule is COc1ccc(NC(=O)c2ccc(OC)c(CSc3ccccc3)c2)c(OC)c1. The standard InChI is InChI=1S/C23H23NO4S/c1-26-18-10-11-20(22(14-18)28-3)24-23(25)16-9-12-21(27-2)17(13-16)15-29-19-7-5-4-6-8-19/h4-14H,15H2,1-3H3,(H,24,25). The molecule has 0 saturated carbocycles. The van der Waals surface area contributed by atoms with E-state index in [-0.39, 0.29) is 5.91 Å². The quantitative estimate of drug-likeness (QED) is 0.515. The van der Waals surface area contributed by atoms with Crippen molar-refractivity contribution < 1.29 is 19.0 Å². The second-order valence-corrected chi connectivity index (χ2v) is 7.20. The van der Waals surface area contributed by atoms with Crippen molar-refractivity contribution in [2.75, 3.05) is 26.6 Å². The number of ether oxygens (including phenoxy) is 3. The molecule has 0 aliphatic heterocycles. The molecule has 3 rings (SSSR count). The number of benzene rings is 3. The maximum atomic E-state index is 12.8. The molecule has 5 nitrogen and oxygen atoms in total. The lowest BCUT2D eigenvalue weighted by Crippen LogP contribution is -2.13. The van der Waals surface area contributed by atoms with Gasteiger partial charge in [0.15, 0.2) is 0 Å². The Morgan fingerprint density at radius 2 is 1.62 bits per heavy atom. The fourth-order valence-electron chi connectivity index (χ4n) is 2.81. The first-order chi connectivity index (χ1) is 14.1. The smallest absolute Gasteiger partial charge is 0.255 e. The molecule has 3 aromatic rings. The van der Waals surface area contributed by atoms with Gasteiger partial charge >= 0.3 is 0 Å². The molecule has 150 valence electrons. The monoisotopic (exact) mass is 409 g/mol. The summed E-state index contributed by atoms with van der Waals surface area (Å²) in [6.07, 6.45) is 0. The molecule has 0 aromatic heterocycles. The van der Waals surface area contributed by atoms with E-state index in [4.69, 9.17) is 14.2 Å². The highest BCUT2D eigenvalue weighted by molar-refractivity contribution is 7.98. The van der Waals surface area contributed by atoms with Crippen molar-refractivity contribution >= 4 is 23.4 Å². The first kappa shape index (κ1) is 20.6. The van der Waals surface area contributed by atoms with Crippen molar-refractivity contribution in [3.63, 3.8) is 0 Å². The van der Waals surface area contributed by atoms with Gasteiger partial charge in [0.05, 0.1) is 27.0 Å². The Labute approximate surface area is 175 Å². The molecular formula is C23H23NO4S. The highest BCUT2D eigenvalue weighted by Gasteiger charge is 2.14. The number of amides is 1. The molecule has 0 saturated heterocycles. The minimum Gasteiger partial charge on any atom is -0.497 e. The number of methoxy groups -OCH3 is 3. The van der Waals surface area contributed by atoms with E-state index in [9.17, 15) is 4.79 Å². The van der Waals surface area contributed by atoms with Crippen LogP contribution >= 0.6 is 11.8 Å². The number of rotatable bonds is 8. The summed E-state index contributed by atoms with van der Waals surface area (Å²) >= 11 is 1.69. The zero-order valence-corrected chi connectivity index (χ0v) is 17.4. The Balaban J connectivity index is 1.78. The predicted molar refractivity (Wildman–Crippen MR) is 116 cm³/mol. The highest BCUT2D eigenvalue weighted by atomic mass is 32.2. The van der Waals surface area contributed by atoms with E-state index in [1.807, 2.05) is 30.3 Å². The van der Waals surface area contributed by atoms with Gasteiger partial charge in [-0.05, 0) is 42.5 Å². The largest absolute Gasteiger partial charge is 0.497 e. The normalized spacial score (nSPS) is 10.3. The topological polar surface area (TPSA) is 56.8 Å². The van der Waals surface area contributed by atoms with E-state index in [1.165, 1.54) is 0 Å². The van der Waals surface area contributed by atoms with Crippen LogP contribution in [0, 0.1) is 0 Å². The third-order valence-electron chi connectivity index (χ3n) is 4.34. The Bertz CT molecular complexity index is 976. The third kappa shape index (κ3) is 5.23. The molecule has 1 N–H and O–H groups in total. The number of hydrogen-bond donors (Lipinski definition) is 1. The van der Waals surface area contributed by atoms with E-state index in [2.05, 4.69) is 17.4 Å². The molecule has 0 atom stereocenters. The molecule has 0 heterocycles. The summed E-state index contributed by atoms with van der Waals surface area (Å²) < 4.78 is 16.0. The van der Waals surface area contributed by atoms with E-state index in [1.54, 1.807) is 57.4 Å². The summed E-state index contributed by atoms with van der Waals surface area (Å²) in [5, 5.41) is 2.90. The van der Waals surface area contributed by atoms with Crippen LogP contribution in [0.3, 0.4) is 0 Å². The summed E-state index contributed by atoms with van der Waals surface area (Å²) in [6, 6.07) is 20.8. The van der Waals surface area contributed by atoms with Crippen LogP contribution in [-0.4, -0.2) is 27.2 Å². The van der Waals surface area contributed by atoms with Crippen LogP contribution < -0.4 is 19.5 Å². The highest BCUT2D eigenvalue weighted by Crippen LogP contribution is 2.31. The van der Waals surface area contributed by atoms with Gasteiger partial charge in [0, 0.05) is 27.8 Å². The first-order valence-corrected chi connectivity index (χ1v) is 10.0. The summed E-state index contributed by atoms with van der Waals surface area (Å²) in [5.74, 6) is 2.42. The minimum absolute atomic E-state index is 0.220. The minimum atomic E-state index is -0.220. The van der Waals surface area contributed by atoms with Crippen LogP contribution in [0.25, 0.3) is 0 Å². The van der Waals surface area contributed by atoms with E-state index in [0.717, 1.165) is 16.2 Å². The Morgan fingerprint density at radius 1 is 0.862 bits per heavy atom. The van der Waals surface area contributed by atoms with Crippen molar-refractivity contribution in [2.45, 2.75) is 10.6 Å². The molecule has 0 fully saturated rings. The Hall–Kier alpha value is -3.12. The first-order valence-electron chi connectivity index (χ1n) is 9.02. The van der Waals surface area contributed by atoms with Gasteiger partial charge in [0.2, 0.25) is 0 Å². The van der Waals surface area contributed by atoms with Gasteiger partial charge in [0.1, 0.15) is 17.2 Å². The second kappa shape index (κ2) is 9.89. The molecule has 3 aromatic carbocycles. The van der Waals surface area contributed by atoms with Gasteiger partial charge in [-0.15, -0.1) is 11.8 Å². The molecule has 0 bridgehead atoms. The van der Waals surface area contributed by atoms with Crippen molar-refractivity contribution in [2.24, 2.45) is 0 Å². The molecule has 29 heavy (non-hydrogen) atoms. The van der Waals surface area contributed by atoms with Gasteiger partial charge in [0.25, 0.3) is 5.91 Å². The lowest BCUT2D eigenvalue weighted by Gasteiger charge is -2.13. The molecule has 0 aliphatic carbocycles. The molecular weight excluding hydrogens is 386 g/mol. The van der Waals surface area contributed by atoms with Gasteiger partial charge in [-0.25, -0.2) is 0 Å². The second-order valence-electron chi connectivity index (χ2n) is 6.15. The Morgan fingerprint density at radius 3 is 2.31 bits per heavy atom. The zero-order valence-electron chi connectivity index (χ0n) is 16.6. The van der Waals surface area contributed by atoms with Crippen LogP contribution in [0.15, 0.2) is 71.6 Å². The zero-order chi connectivity index (χ0) is 20.6. The fourth-order valence-corrected chi connectivity index (χ4v) is 3.70. The summed E-state index contributed by atoms with van der Waals surface area (Å²) in [6.45, 7) is 0. The van der Waals surface area contributed by atoms with Crippen LogP contribution in [0.1, 0.15) is 15.9 Å². The third-order valence-corrected chi connectivity index (χ3v) is 5.40. The average Bonchev–Trinajstić information content (AvgIpc) is 2.78. The number of anilines is 1. The number of carbonyl (C=O) groups is 1. The molecule has 1 amide bonds. The van der Waals surface area contributed by atoms with Gasteiger partial charge < -0.3 is 19.5 Å². The van der Waals surface area contributed by atoms with Crippen molar-refractivity contribution in [1.82, 2.24) is 0 Å². The fraction of sp³-hybridized carbons (Fsp3) is 0.174. The molecule has 6 heteroatoms. The maximum absolute atomic E-state index is 12.8. The number of hydrogen-bond acceptors (Lipinski definition) is 5. The molecule has 0 radical (unpaired) electrons.